The summed E-state index contributed by atoms with van der Waals surface area (Å²) in [6.07, 6.45) is 0. The van der Waals surface area contributed by atoms with E-state index in [0.29, 0.717) is 23.9 Å². The molecule has 3 rings (SSSR count). The number of hydrogen-bond acceptors (Lipinski definition) is 5. The molecule has 1 aromatic heterocycles. The van der Waals surface area contributed by atoms with Crippen LogP contribution < -0.4 is 14.2 Å². The van der Waals surface area contributed by atoms with E-state index < -0.39 is 0 Å². The Morgan fingerprint density at radius 2 is 1.68 bits per heavy atom. The molecule has 0 unspecified atom stereocenters. The number of pyridine rings is 1. The van der Waals surface area contributed by atoms with Crippen LogP contribution in [0.5, 0.6) is 23.1 Å². The van der Waals surface area contributed by atoms with Crippen molar-refractivity contribution in [2.45, 2.75) is 34.3 Å². The van der Waals surface area contributed by atoms with Crippen molar-refractivity contribution in [3.63, 3.8) is 0 Å². The molecule has 0 aliphatic carbocycles. The predicted molar refractivity (Wildman–Crippen MR) is 123 cm³/mol. The van der Waals surface area contributed by atoms with Crippen LogP contribution >= 0.6 is 0 Å². The molecule has 0 saturated heterocycles. The molecule has 0 N–H and O–H groups in total. The van der Waals surface area contributed by atoms with Crippen LogP contribution in [0.4, 0.5) is 0 Å². The molecule has 3 aromatic rings. The van der Waals surface area contributed by atoms with E-state index in [9.17, 15) is 0 Å². The Labute approximate surface area is 184 Å². The molecular formula is C26H29NO4. The molecule has 0 spiro atoms. The lowest BCUT2D eigenvalue weighted by atomic mass is 10.0. The van der Waals surface area contributed by atoms with E-state index in [4.69, 9.17) is 18.9 Å². The van der Waals surface area contributed by atoms with E-state index in [1.807, 2.05) is 58.0 Å². The standard InChI is InChI=1S/C26H29NO4/c1-17(2)25-22(30-16-28-6)12-13-24(27-25)31-26-18(3)14-23(19(4)20(26)5)29-15-21-10-8-7-9-11-21/h7-14H,1,15-16H2,2-6H3. The molecule has 0 aliphatic heterocycles. The zero-order valence-electron chi connectivity index (χ0n) is 18.8. The number of nitrogens with zero attached hydrogens (tertiary/aromatic N) is 1. The van der Waals surface area contributed by atoms with Crippen LogP contribution in [0.2, 0.25) is 0 Å². The van der Waals surface area contributed by atoms with Gasteiger partial charge in [0.2, 0.25) is 5.88 Å². The number of methoxy groups -OCH3 is 1. The topological polar surface area (TPSA) is 49.8 Å². The third-order valence-electron chi connectivity index (χ3n) is 4.99. The Balaban J connectivity index is 1.84. The maximum absolute atomic E-state index is 6.19. The minimum absolute atomic E-state index is 0.143. The van der Waals surface area contributed by atoms with Crippen molar-refractivity contribution in [1.29, 1.82) is 0 Å². The van der Waals surface area contributed by atoms with Gasteiger partial charge in [0.15, 0.2) is 6.79 Å². The summed E-state index contributed by atoms with van der Waals surface area (Å²) in [6, 6.07) is 15.7. The lowest BCUT2D eigenvalue weighted by molar-refractivity contribution is 0.0506. The molecule has 31 heavy (non-hydrogen) atoms. The van der Waals surface area contributed by atoms with Crippen LogP contribution in [-0.4, -0.2) is 18.9 Å². The number of benzene rings is 2. The summed E-state index contributed by atoms with van der Waals surface area (Å²) < 4.78 is 22.8. The van der Waals surface area contributed by atoms with E-state index in [2.05, 4.69) is 23.7 Å². The van der Waals surface area contributed by atoms with Crippen molar-refractivity contribution in [2.24, 2.45) is 0 Å². The van der Waals surface area contributed by atoms with E-state index in [1.54, 1.807) is 13.2 Å². The molecule has 0 aliphatic rings. The molecule has 0 fully saturated rings. The van der Waals surface area contributed by atoms with Crippen LogP contribution in [0, 0.1) is 20.8 Å². The summed E-state index contributed by atoms with van der Waals surface area (Å²) in [5.41, 5.74) is 5.59. The molecule has 0 atom stereocenters. The lowest BCUT2D eigenvalue weighted by Gasteiger charge is -2.18. The maximum Gasteiger partial charge on any atom is 0.220 e. The van der Waals surface area contributed by atoms with E-state index in [-0.39, 0.29) is 6.79 Å². The average Bonchev–Trinajstić information content (AvgIpc) is 2.77. The van der Waals surface area contributed by atoms with Gasteiger partial charge >= 0.3 is 0 Å². The third-order valence-corrected chi connectivity index (χ3v) is 4.99. The van der Waals surface area contributed by atoms with Gasteiger partial charge in [0.05, 0.1) is 0 Å². The van der Waals surface area contributed by atoms with E-state index >= 15 is 0 Å². The van der Waals surface area contributed by atoms with Crippen molar-refractivity contribution in [2.75, 3.05) is 13.9 Å². The van der Waals surface area contributed by atoms with Crippen LogP contribution in [0.25, 0.3) is 5.57 Å². The van der Waals surface area contributed by atoms with Gasteiger partial charge in [0.25, 0.3) is 0 Å². The number of aryl methyl sites for hydroxylation is 1. The number of allylic oxidation sites excluding steroid dienone is 1. The fourth-order valence-corrected chi connectivity index (χ4v) is 3.20. The lowest BCUT2D eigenvalue weighted by Crippen LogP contribution is -2.04. The molecule has 0 bridgehead atoms. The van der Waals surface area contributed by atoms with Gasteiger partial charge in [0.1, 0.15) is 29.5 Å². The summed E-state index contributed by atoms with van der Waals surface area (Å²) >= 11 is 0. The van der Waals surface area contributed by atoms with Gasteiger partial charge in [-0.05, 0) is 67.7 Å². The second kappa shape index (κ2) is 10.1. The highest BCUT2D eigenvalue weighted by molar-refractivity contribution is 5.64. The van der Waals surface area contributed by atoms with Gasteiger partial charge in [0, 0.05) is 13.2 Å². The summed E-state index contributed by atoms with van der Waals surface area (Å²) in [5, 5.41) is 0. The summed E-state index contributed by atoms with van der Waals surface area (Å²) in [7, 11) is 1.58. The summed E-state index contributed by atoms with van der Waals surface area (Å²) in [5.74, 6) is 2.71. The van der Waals surface area contributed by atoms with Gasteiger partial charge in [-0.3, -0.25) is 0 Å². The fourth-order valence-electron chi connectivity index (χ4n) is 3.20. The van der Waals surface area contributed by atoms with Gasteiger partial charge < -0.3 is 18.9 Å². The van der Waals surface area contributed by atoms with Gasteiger partial charge in [-0.15, -0.1) is 0 Å². The van der Waals surface area contributed by atoms with Crippen molar-refractivity contribution < 1.29 is 18.9 Å². The molecule has 2 aromatic carbocycles. The van der Waals surface area contributed by atoms with E-state index in [0.717, 1.165) is 39.3 Å². The molecular weight excluding hydrogens is 390 g/mol. The first-order chi connectivity index (χ1) is 14.9. The highest BCUT2D eigenvalue weighted by Gasteiger charge is 2.16. The Morgan fingerprint density at radius 1 is 0.935 bits per heavy atom. The number of hydrogen-bond donors (Lipinski definition) is 0. The predicted octanol–water partition coefficient (Wildman–Crippen LogP) is 6.39. The quantitative estimate of drug-likeness (QED) is 0.376. The highest BCUT2D eigenvalue weighted by atomic mass is 16.7. The molecule has 0 radical (unpaired) electrons. The van der Waals surface area contributed by atoms with Crippen LogP contribution in [0.15, 0.2) is 55.1 Å². The van der Waals surface area contributed by atoms with Crippen LogP contribution in [-0.2, 0) is 11.3 Å². The van der Waals surface area contributed by atoms with Gasteiger partial charge in [-0.2, -0.15) is 0 Å². The zero-order chi connectivity index (χ0) is 22.4. The van der Waals surface area contributed by atoms with Crippen LogP contribution in [0.1, 0.15) is 34.9 Å². The highest BCUT2D eigenvalue weighted by Crippen LogP contribution is 2.37. The first-order valence-corrected chi connectivity index (χ1v) is 10.1. The van der Waals surface area contributed by atoms with Crippen molar-refractivity contribution in [3.05, 3.63) is 83.1 Å². The zero-order valence-corrected chi connectivity index (χ0v) is 18.8. The van der Waals surface area contributed by atoms with E-state index in [1.165, 1.54) is 0 Å². The van der Waals surface area contributed by atoms with Crippen molar-refractivity contribution >= 4 is 5.57 Å². The van der Waals surface area contributed by atoms with Crippen LogP contribution in [0.3, 0.4) is 0 Å². The minimum Gasteiger partial charge on any atom is -0.489 e. The number of ether oxygens (including phenoxy) is 4. The Hall–Kier alpha value is -3.31. The van der Waals surface area contributed by atoms with Crippen molar-refractivity contribution in [3.8, 4) is 23.1 Å². The first-order valence-electron chi connectivity index (χ1n) is 10.1. The monoisotopic (exact) mass is 419 g/mol. The Bertz CT molecular complexity index is 1060. The number of aromatic nitrogens is 1. The second-order valence-electron chi connectivity index (χ2n) is 7.47. The third kappa shape index (κ3) is 5.44. The largest absolute Gasteiger partial charge is 0.489 e. The summed E-state index contributed by atoms with van der Waals surface area (Å²) in [6.45, 7) is 12.6. The normalized spacial score (nSPS) is 10.6. The second-order valence-corrected chi connectivity index (χ2v) is 7.47. The Morgan fingerprint density at radius 3 is 2.35 bits per heavy atom. The first kappa shape index (κ1) is 22.4. The molecule has 0 saturated carbocycles. The molecule has 1 heterocycles. The average molecular weight is 420 g/mol. The summed E-state index contributed by atoms with van der Waals surface area (Å²) in [4.78, 5) is 4.60. The van der Waals surface area contributed by atoms with Crippen molar-refractivity contribution in [1.82, 2.24) is 4.98 Å². The Kier molecular flexibility index (Phi) is 7.32. The van der Waals surface area contributed by atoms with Gasteiger partial charge in [-0.1, -0.05) is 36.9 Å². The molecule has 162 valence electrons. The number of rotatable bonds is 9. The molecule has 5 heteroatoms. The fraction of sp³-hybridized carbons (Fsp3) is 0.269. The minimum atomic E-state index is 0.143. The molecule has 0 amide bonds. The SMILES string of the molecule is C=C(C)c1nc(Oc2c(C)cc(OCc3ccccc3)c(C)c2C)ccc1OCOC. The molecule has 5 nitrogen and oxygen atoms in total. The van der Waals surface area contributed by atoms with Gasteiger partial charge in [-0.25, -0.2) is 4.98 Å². The smallest absolute Gasteiger partial charge is 0.220 e. The maximum atomic E-state index is 6.19.